The van der Waals surface area contributed by atoms with Gasteiger partial charge in [-0.05, 0) is 18.1 Å². The lowest BCUT2D eigenvalue weighted by molar-refractivity contribution is -0.331. The number of hydrogen-bond donors (Lipinski definition) is 2. The summed E-state index contributed by atoms with van der Waals surface area (Å²) in [6, 6.07) is 7.28. The lowest BCUT2D eigenvalue weighted by Gasteiger charge is -2.45. The van der Waals surface area contributed by atoms with Crippen molar-refractivity contribution in [1.29, 1.82) is 0 Å². The van der Waals surface area contributed by atoms with Crippen molar-refractivity contribution < 1.29 is 43.5 Å². The highest BCUT2D eigenvalue weighted by atomic mass is 17.2. The predicted molar refractivity (Wildman–Crippen MR) is 136 cm³/mol. The first kappa shape index (κ1) is 30.9. The Kier molecular flexibility index (Phi) is 11.5. The molecule has 0 saturated heterocycles. The van der Waals surface area contributed by atoms with Gasteiger partial charge >= 0.3 is 24.0 Å². The van der Waals surface area contributed by atoms with Crippen LogP contribution in [0.5, 0.6) is 0 Å². The number of allylic oxidation sites excluding steroid dienone is 1. The SMILES string of the molecule is C=CC(=O)OCC(CNC(=O)O)(COC(=O)C=C)C(OOC(=O)C=C)C(C)(C)c1cccc(C(=C)C)c1. The molecule has 0 radical (unpaired) electrons. The second kappa shape index (κ2) is 13.8. The molecule has 2 N–H and O–H groups in total. The Balaban J connectivity index is 3.82. The third-order valence-electron chi connectivity index (χ3n) is 5.63. The zero-order valence-corrected chi connectivity index (χ0v) is 21.3. The maximum Gasteiger partial charge on any atom is 0.404 e. The van der Waals surface area contributed by atoms with E-state index in [4.69, 9.17) is 19.2 Å². The van der Waals surface area contributed by atoms with E-state index < -0.39 is 60.7 Å². The van der Waals surface area contributed by atoms with Crippen molar-refractivity contribution in [1.82, 2.24) is 5.32 Å². The van der Waals surface area contributed by atoms with E-state index in [1.54, 1.807) is 26.0 Å². The molecule has 200 valence electrons. The van der Waals surface area contributed by atoms with E-state index >= 15 is 0 Å². The van der Waals surface area contributed by atoms with Crippen LogP contribution in [0, 0.1) is 5.41 Å². The first-order chi connectivity index (χ1) is 17.3. The van der Waals surface area contributed by atoms with Gasteiger partial charge in [-0.3, -0.25) is 4.89 Å². The van der Waals surface area contributed by atoms with Gasteiger partial charge in [0.1, 0.15) is 19.3 Å². The first-order valence-corrected chi connectivity index (χ1v) is 11.1. The fourth-order valence-corrected chi connectivity index (χ4v) is 3.64. The number of esters is 2. The summed E-state index contributed by atoms with van der Waals surface area (Å²) < 4.78 is 10.6. The monoisotopic (exact) mass is 515 g/mol. The zero-order chi connectivity index (χ0) is 28.2. The minimum Gasteiger partial charge on any atom is -0.465 e. The summed E-state index contributed by atoms with van der Waals surface area (Å²) in [5, 5.41) is 11.6. The third kappa shape index (κ3) is 8.76. The summed E-state index contributed by atoms with van der Waals surface area (Å²) in [5.41, 5.74) is -0.407. The quantitative estimate of drug-likeness (QED) is 0.155. The molecule has 10 heteroatoms. The van der Waals surface area contributed by atoms with E-state index in [0.717, 1.165) is 29.4 Å². The second-order valence-corrected chi connectivity index (χ2v) is 8.81. The molecule has 1 atom stereocenters. The largest absolute Gasteiger partial charge is 0.465 e. The average Bonchev–Trinajstić information content (AvgIpc) is 2.88. The number of carboxylic acid groups (broad SMARTS) is 1. The number of carbonyl (C=O) groups excluding carboxylic acids is 3. The van der Waals surface area contributed by atoms with Gasteiger partial charge in [0, 0.05) is 30.2 Å². The van der Waals surface area contributed by atoms with Gasteiger partial charge in [-0.1, -0.05) is 70.0 Å². The Morgan fingerprint density at radius 2 is 1.54 bits per heavy atom. The molecule has 0 aromatic heterocycles. The van der Waals surface area contributed by atoms with E-state index in [1.807, 2.05) is 19.1 Å². The topological polar surface area (TPSA) is 137 Å². The van der Waals surface area contributed by atoms with Crippen molar-refractivity contribution in [3.05, 3.63) is 79.9 Å². The molecule has 1 rings (SSSR count). The zero-order valence-electron chi connectivity index (χ0n) is 21.3. The van der Waals surface area contributed by atoms with E-state index in [9.17, 15) is 24.3 Å². The lowest BCUT2D eigenvalue weighted by Crippen LogP contribution is -2.59. The predicted octanol–water partition coefficient (Wildman–Crippen LogP) is 3.74. The molecule has 0 spiro atoms. The molecular weight excluding hydrogens is 482 g/mol. The van der Waals surface area contributed by atoms with Gasteiger partial charge < -0.3 is 19.9 Å². The van der Waals surface area contributed by atoms with Gasteiger partial charge in [0.15, 0.2) is 0 Å². The van der Waals surface area contributed by atoms with E-state index in [0.29, 0.717) is 5.56 Å². The normalized spacial score (nSPS) is 11.9. The number of benzene rings is 1. The van der Waals surface area contributed by atoms with Crippen LogP contribution < -0.4 is 5.32 Å². The van der Waals surface area contributed by atoms with Crippen LogP contribution in [-0.4, -0.2) is 55.0 Å². The van der Waals surface area contributed by atoms with Crippen molar-refractivity contribution in [3.63, 3.8) is 0 Å². The van der Waals surface area contributed by atoms with Gasteiger partial charge in [0.25, 0.3) is 0 Å². The molecule has 1 unspecified atom stereocenters. The summed E-state index contributed by atoms with van der Waals surface area (Å²) in [4.78, 5) is 58.1. The fraction of sp³-hybridized carbons (Fsp3) is 0.333. The van der Waals surface area contributed by atoms with Gasteiger partial charge in [-0.15, -0.1) is 0 Å². The second-order valence-electron chi connectivity index (χ2n) is 8.81. The Morgan fingerprint density at radius 3 is 2.00 bits per heavy atom. The minimum atomic E-state index is -1.61. The van der Waals surface area contributed by atoms with Crippen LogP contribution in [0.2, 0.25) is 0 Å². The maximum atomic E-state index is 12.0. The highest BCUT2D eigenvalue weighted by Crippen LogP contribution is 2.41. The number of ether oxygens (including phenoxy) is 2. The van der Waals surface area contributed by atoms with Gasteiger partial charge in [0.05, 0.1) is 5.41 Å². The molecule has 0 saturated carbocycles. The van der Waals surface area contributed by atoms with E-state index in [1.165, 1.54) is 0 Å². The molecule has 1 amide bonds. The average molecular weight is 516 g/mol. The number of nitrogens with one attached hydrogen (secondary N) is 1. The van der Waals surface area contributed by atoms with Crippen LogP contribution in [-0.2, 0) is 39.0 Å². The molecule has 0 bridgehead atoms. The Morgan fingerprint density at radius 1 is 1.00 bits per heavy atom. The molecule has 37 heavy (non-hydrogen) atoms. The molecule has 0 aliphatic carbocycles. The van der Waals surface area contributed by atoms with Gasteiger partial charge in [0.2, 0.25) is 0 Å². The van der Waals surface area contributed by atoms with Gasteiger partial charge in [-0.25, -0.2) is 19.2 Å². The van der Waals surface area contributed by atoms with Crippen molar-refractivity contribution in [2.75, 3.05) is 19.8 Å². The molecular formula is C27H33NO9. The van der Waals surface area contributed by atoms with Crippen molar-refractivity contribution in [2.24, 2.45) is 5.41 Å². The molecule has 1 aromatic carbocycles. The molecule has 0 aliphatic heterocycles. The first-order valence-electron chi connectivity index (χ1n) is 11.1. The van der Waals surface area contributed by atoms with Crippen LogP contribution in [0.25, 0.3) is 5.57 Å². The smallest absolute Gasteiger partial charge is 0.404 e. The summed E-state index contributed by atoms with van der Waals surface area (Å²) in [6.45, 7) is 17.9. The highest BCUT2D eigenvalue weighted by Gasteiger charge is 2.52. The number of rotatable bonds is 15. The van der Waals surface area contributed by atoms with E-state index in [-0.39, 0.29) is 0 Å². The molecule has 1 aromatic rings. The summed E-state index contributed by atoms with van der Waals surface area (Å²) in [5.74, 6) is -2.57. The van der Waals surface area contributed by atoms with Crippen molar-refractivity contribution in [2.45, 2.75) is 32.3 Å². The molecule has 0 fully saturated rings. The van der Waals surface area contributed by atoms with Crippen LogP contribution in [0.1, 0.15) is 31.9 Å². The van der Waals surface area contributed by atoms with Crippen LogP contribution in [0.4, 0.5) is 4.79 Å². The number of carbonyl (C=O) groups is 4. The minimum absolute atomic E-state index is 0.433. The van der Waals surface area contributed by atoms with Crippen LogP contribution in [0.3, 0.4) is 0 Å². The maximum absolute atomic E-state index is 12.0. The van der Waals surface area contributed by atoms with Crippen molar-refractivity contribution in [3.8, 4) is 0 Å². The molecule has 0 aliphatic rings. The molecule has 10 nitrogen and oxygen atoms in total. The fourth-order valence-electron chi connectivity index (χ4n) is 3.64. The molecule has 0 heterocycles. The van der Waals surface area contributed by atoms with E-state index in [2.05, 4.69) is 31.6 Å². The van der Waals surface area contributed by atoms with Crippen molar-refractivity contribution >= 4 is 29.6 Å². The summed E-state index contributed by atoms with van der Waals surface area (Å²) in [6.07, 6.45) is 0.0449. The van der Waals surface area contributed by atoms with Crippen LogP contribution in [0.15, 0.2) is 68.8 Å². The summed E-state index contributed by atoms with van der Waals surface area (Å²) in [7, 11) is 0. The Hall–Kier alpha value is -4.18. The Labute approximate surface area is 216 Å². The highest BCUT2D eigenvalue weighted by molar-refractivity contribution is 5.82. The number of amides is 1. The standard InChI is InChI=1S/C27H33NO9/c1-8-21(29)34-16-27(15-28-25(32)33,17-35-22(30)9-2)24(37-36-23(31)10-3)26(6,7)20-13-11-12-19(14-20)18(4)5/h8-14,24,28H,1-4,15-17H2,5-7H3,(H,32,33). The Bertz CT molecular complexity index is 1030. The van der Waals surface area contributed by atoms with Gasteiger partial charge in [-0.2, -0.15) is 4.89 Å². The lowest BCUT2D eigenvalue weighted by atomic mass is 9.67. The summed E-state index contributed by atoms with van der Waals surface area (Å²) >= 11 is 0. The third-order valence-corrected chi connectivity index (χ3v) is 5.63. The number of hydrogen-bond acceptors (Lipinski definition) is 8. The van der Waals surface area contributed by atoms with Crippen LogP contribution >= 0.6 is 0 Å².